The number of carbonyl (C=O) groups is 1. The highest BCUT2D eigenvalue weighted by atomic mass is 16.2. The van der Waals surface area contributed by atoms with Crippen molar-refractivity contribution in [2.45, 2.75) is 51.5 Å². The van der Waals surface area contributed by atoms with Crippen LogP contribution in [0.3, 0.4) is 0 Å². The lowest BCUT2D eigenvalue weighted by Gasteiger charge is -2.37. The third kappa shape index (κ3) is 3.68. The largest absolute Gasteiger partial charge is 0.356 e. The van der Waals surface area contributed by atoms with Crippen molar-refractivity contribution in [1.82, 2.24) is 24.6 Å². The summed E-state index contributed by atoms with van der Waals surface area (Å²) in [6.07, 6.45) is 6.08. The molecule has 1 aliphatic carbocycles. The number of hydrogen-bond acceptors (Lipinski definition) is 5. The summed E-state index contributed by atoms with van der Waals surface area (Å²) in [6.45, 7) is 5.74. The van der Waals surface area contributed by atoms with Crippen LogP contribution in [0.1, 0.15) is 59.2 Å². The van der Waals surface area contributed by atoms with Crippen LogP contribution < -0.4 is 4.90 Å². The normalized spacial score (nSPS) is 18.0. The van der Waals surface area contributed by atoms with Crippen molar-refractivity contribution in [2.24, 2.45) is 7.05 Å². The number of hydrogen-bond donors (Lipinski definition) is 0. The highest BCUT2D eigenvalue weighted by Crippen LogP contribution is 2.41. The summed E-state index contributed by atoms with van der Waals surface area (Å²) in [5, 5.41) is 4.54. The molecule has 144 valence electrons. The Bertz CT molecular complexity index is 828. The van der Waals surface area contributed by atoms with E-state index in [2.05, 4.69) is 20.0 Å². The molecular formula is C20H28N6O. The number of aromatic nitrogens is 4. The van der Waals surface area contributed by atoms with E-state index in [1.807, 2.05) is 45.1 Å². The van der Waals surface area contributed by atoms with Crippen molar-refractivity contribution in [3.05, 3.63) is 35.0 Å². The van der Waals surface area contributed by atoms with Crippen LogP contribution in [-0.2, 0) is 7.05 Å². The van der Waals surface area contributed by atoms with Crippen LogP contribution >= 0.6 is 0 Å². The van der Waals surface area contributed by atoms with Crippen molar-refractivity contribution < 1.29 is 4.79 Å². The van der Waals surface area contributed by atoms with Gasteiger partial charge >= 0.3 is 0 Å². The molecule has 7 heteroatoms. The first-order chi connectivity index (χ1) is 12.9. The van der Waals surface area contributed by atoms with Gasteiger partial charge in [-0.3, -0.25) is 9.48 Å². The minimum absolute atomic E-state index is 0.108. The quantitative estimate of drug-likeness (QED) is 0.829. The minimum atomic E-state index is 0.108. The number of carbonyl (C=O) groups excluding carboxylic acids is 1. The molecule has 1 saturated carbocycles. The fraction of sp³-hybridized carbons (Fsp3) is 0.600. The van der Waals surface area contributed by atoms with E-state index in [9.17, 15) is 4.79 Å². The van der Waals surface area contributed by atoms with Gasteiger partial charge in [0.05, 0.1) is 11.3 Å². The molecule has 0 spiro atoms. The Kier molecular flexibility index (Phi) is 4.61. The molecule has 0 aromatic carbocycles. The Hall–Kier alpha value is -2.44. The summed E-state index contributed by atoms with van der Waals surface area (Å²) in [6, 6.07) is 2.30. The molecule has 1 aliphatic heterocycles. The van der Waals surface area contributed by atoms with Gasteiger partial charge in [-0.15, -0.1) is 0 Å². The van der Waals surface area contributed by atoms with E-state index in [1.165, 1.54) is 0 Å². The third-order valence-electron chi connectivity index (χ3n) is 5.66. The van der Waals surface area contributed by atoms with Crippen molar-refractivity contribution in [1.29, 1.82) is 0 Å². The molecule has 0 unspecified atom stereocenters. The molecule has 0 atom stereocenters. The lowest BCUT2D eigenvalue weighted by atomic mass is 10.0. The number of amides is 1. The van der Waals surface area contributed by atoms with Gasteiger partial charge in [-0.1, -0.05) is 0 Å². The molecule has 0 N–H and O–H groups in total. The topological polar surface area (TPSA) is 67.2 Å². The number of rotatable bonds is 4. The molecule has 0 bridgehead atoms. The zero-order valence-electron chi connectivity index (χ0n) is 16.6. The van der Waals surface area contributed by atoms with Crippen LogP contribution in [0.25, 0.3) is 0 Å². The van der Waals surface area contributed by atoms with Crippen LogP contribution in [0.2, 0.25) is 0 Å². The van der Waals surface area contributed by atoms with Gasteiger partial charge in [0.1, 0.15) is 11.6 Å². The van der Waals surface area contributed by atoms with E-state index in [4.69, 9.17) is 0 Å². The lowest BCUT2D eigenvalue weighted by Crippen LogP contribution is -2.46. The zero-order valence-corrected chi connectivity index (χ0v) is 16.6. The standard InChI is InChI=1S/C20H28N6O/c1-13-11-18(22-14(2)21-13)26-9-7-16(8-10-26)25(4)20(27)17-12-24(3)23-19(17)15-5-6-15/h11-12,15-16H,5-10H2,1-4H3. The van der Waals surface area contributed by atoms with E-state index >= 15 is 0 Å². The van der Waals surface area contributed by atoms with E-state index < -0.39 is 0 Å². The predicted molar refractivity (Wildman–Crippen MR) is 104 cm³/mol. The second kappa shape index (κ2) is 6.94. The summed E-state index contributed by atoms with van der Waals surface area (Å²) in [4.78, 5) is 26.3. The average Bonchev–Trinajstić information content (AvgIpc) is 3.41. The summed E-state index contributed by atoms with van der Waals surface area (Å²) >= 11 is 0. The van der Waals surface area contributed by atoms with Crippen molar-refractivity contribution in [3.63, 3.8) is 0 Å². The van der Waals surface area contributed by atoms with Gasteiger partial charge in [0.15, 0.2) is 0 Å². The van der Waals surface area contributed by atoms with E-state index in [-0.39, 0.29) is 11.9 Å². The molecule has 1 saturated heterocycles. The Labute approximate surface area is 160 Å². The molecule has 7 nitrogen and oxygen atoms in total. The molecular weight excluding hydrogens is 340 g/mol. The van der Waals surface area contributed by atoms with Gasteiger partial charge in [0.25, 0.3) is 5.91 Å². The maximum absolute atomic E-state index is 13.1. The molecule has 2 aliphatic rings. The molecule has 27 heavy (non-hydrogen) atoms. The SMILES string of the molecule is Cc1cc(N2CCC(N(C)C(=O)c3cn(C)nc3C3CC3)CC2)nc(C)n1. The molecule has 4 rings (SSSR count). The average molecular weight is 368 g/mol. The fourth-order valence-corrected chi connectivity index (χ4v) is 4.03. The molecule has 3 heterocycles. The van der Waals surface area contributed by atoms with Gasteiger partial charge in [0, 0.05) is 57.1 Å². The second-order valence-corrected chi connectivity index (χ2v) is 7.92. The summed E-state index contributed by atoms with van der Waals surface area (Å²) in [5.41, 5.74) is 2.77. The fourth-order valence-electron chi connectivity index (χ4n) is 4.03. The summed E-state index contributed by atoms with van der Waals surface area (Å²) < 4.78 is 1.77. The van der Waals surface area contributed by atoms with Crippen LogP contribution in [-0.4, -0.2) is 56.7 Å². The monoisotopic (exact) mass is 368 g/mol. The van der Waals surface area contributed by atoms with E-state index in [1.54, 1.807) is 4.68 Å². The number of anilines is 1. The van der Waals surface area contributed by atoms with Gasteiger partial charge in [-0.2, -0.15) is 5.10 Å². The van der Waals surface area contributed by atoms with Crippen LogP contribution in [0.5, 0.6) is 0 Å². The van der Waals surface area contributed by atoms with Crippen LogP contribution in [0.4, 0.5) is 5.82 Å². The van der Waals surface area contributed by atoms with Crippen molar-refractivity contribution in [3.8, 4) is 0 Å². The number of nitrogens with zero attached hydrogens (tertiary/aromatic N) is 6. The Morgan fingerprint density at radius 1 is 1.15 bits per heavy atom. The molecule has 2 aromatic heterocycles. The van der Waals surface area contributed by atoms with E-state index in [0.717, 1.165) is 67.4 Å². The maximum atomic E-state index is 13.1. The molecule has 2 fully saturated rings. The van der Waals surface area contributed by atoms with Gasteiger partial charge in [0.2, 0.25) is 0 Å². The molecule has 1 amide bonds. The summed E-state index contributed by atoms with van der Waals surface area (Å²) in [7, 11) is 3.83. The van der Waals surface area contributed by atoms with Gasteiger partial charge in [-0.25, -0.2) is 9.97 Å². The van der Waals surface area contributed by atoms with Crippen molar-refractivity contribution in [2.75, 3.05) is 25.0 Å². The number of piperidine rings is 1. The first-order valence-corrected chi connectivity index (χ1v) is 9.80. The lowest BCUT2D eigenvalue weighted by molar-refractivity contribution is 0.0708. The Balaban J connectivity index is 1.42. The van der Waals surface area contributed by atoms with Crippen molar-refractivity contribution >= 4 is 11.7 Å². The zero-order chi connectivity index (χ0) is 19.1. The number of aryl methyl sites for hydroxylation is 3. The highest BCUT2D eigenvalue weighted by molar-refractivity contribution is 5.95. The smallest absolute Gasteiger partial charge is 0.257 e. The Morgan fingerprint density at radius 3 is 2.48 bits per heavy atom. The highest BCUT2D eigenvalue weighted by Gasteiger charge is 2.34. The maximum Gasteiger partial charge on any atom is 0.257 e. The van der Waals surface area contributed by atoms with Crippen LogP contribution in [0, 0.1) is 13.8 Å². The van der Waals surface area contributed by atoms with Gasteiger partial charge < -0.3 is 9.80 Å². The second-order valence-electron chi connectivity index (χ2n) is 7.92. The summed E-state index contributed by atoms with van der Waals surface area (Å²) in [5.74, 6) is 2.39. The first kappa shape index (κ1) is 17.9. The predicted octanol–water partition coefficient (Wildman–Crippen LogP) is 2.45. The van der Waals surface area contributed by atoms with Crippen LogP contribution in [0.15, 0.2) is 12.3 Å². The third-order valence-corrected chi connectivity index (χ3v) is 5.66. The molecule has 2 aromatic rings. The molecule has 0 radical (unpaired) electrons. The van der Waals surface area contributed by atoms with E-state index in [0.29, 0.717) is 5.92 Å². The van der Waals surface area contributed by atoms with Gasteiger partial charge in [-0.05, 0) is 39.5 Å². The minimum Gasteiger partial charge on any atom is -0.356 e. The first-order valence-electron chi connectivity index (χ1n) is 9.80. The Morgan fingerprint density at radius 2 is 1.85 bits per heavy atom.